The maximum atomic E-state index is 2.45. The van der Waals surface area contributed by atoms with Gasteiger partial charge in [-0.2, -0.15) is 0 Å². The molecule has 1 aliphatic heterocycles. The number of fused-ring (bicyclic) bond motifs is 6. The maximum Gasteiger partial charge on any atom is 0.0494 e. The van der Waals surface area contributed by atoms with Gasteiger partial charge in [-0.1, -0.05) is 140 Å². The summed E-state index contributed by atoms with van der Waals surface area (Å²) >= 11 is 0. The van der Waals surface area contributed by atoms with Gasteiger partial charge in [0.05, 0.1) is 0 Å². The van der Waals surface area contributed by atoms with Crippen LogP contribution in [0.25, 0.3) is 60.3 Å². The van der Waals surface area contributed by atoms with E-state index in [9.17, 15) is 0 Å². The predicted octanol–water partition coefficient (Wildman–Crippen LogP) is 12.6. The SMILES string of the molecule is C1=C(c2ccccc2)N(c2ccccc2)c2ccc(-c3cc4c5ccccc5c(-c5ccccc5)cc4c4ccccc34)cc2CC1. The van der Waals surface area contributed by atoms with Gasteiger partial charge in [-0.15, -0.1) is 0 Å². The van der Waals surface area contributed by atoms with Crippen molar-refractivity contribution in [2.45, 2.75) is 12.8 Å². The van der Waals surface area contributed by atoms with E-state index in [0.29, 0.717) is 0 Å². The van der Waals surface area contributed by atoms with Crippen LogP contribution in [0.1, 0.15) is 17.5 Å². The summed E-state index contributed by atoms with van der Waals surface area (Å²) in [6.07, 6.45) is 4.37. The normalized spacial score (nSPS) is 13.0. The van der Waals surface area contributed by atoms with Crippen LogP contribution in [0.2, 0.25) is 0 Å². The van der Waals surface area contributed by atoms with Crippen molar-refractivity contribution in [2.24, 2.45) is 0 Å². The fourth-order valence-electron chi connectivity index (χ4n) is 7.51. The molecule has 0 N–H and O–H groups in total. The Morgan fingerprint density at radius 1 is 0.383 bits per heavy atom. The monoisotopic (exact) mass is 599 g/mol. The highest BCUT2D eigenvalue weighted by atomic mass is 15.2. The van der Waals surface area contributed by atoms with Gasteiger partial charge in [0, 0.05) is 17.1 Å². The molecular weight excluding hydrogens is 567 g/mol. The fourth-order valence-corrected chi connectivity index (χ4v) is 7.51. The first kappa shape index (κ1) is 27.4. The van der Waals surface area contributed by atoms with Gasteiger partial charge in [0.2, 0.25) is 0 Å². The lowest BCUT2D eigenvalue weighted by molar-refractivity contribution is 1.01. The molecule has 0 fully saturated rings. The lowest BCUT2D eigenvalue weighted by atomic mass is 9.87. The molecule has 0 aromatic heterocycles. The van der Waals surface area contributed by atoms with E-state index < -0.39 is 0 Å². The summed E-state index contributed by atoms with van der Waals surface area (Å²) in [5.74, 6) is 0. The number of hydrogen-bond acceptors (Lipinski definition) is 1. The summed E-state index contributed by atoms with van der Waals surface area (Å²) < 4.78 is 0. The zero-order valence-corrected chi connectivity index (χ0v) is 26.1. The van der Waals surface area contributed by atoms with Crippen molar-refractivity contribution < 1.29 is 0 Å². The van der Waals surface area contributed by atoms with Crippen LogP contribution in [-0.4, -0.2) is 0 Å². The van der Waals surface area contributed by atoms with Crippen LogP contribution in [0.5, 0.6) is 0 Å². The van der Waals surface area contributed by atoms with Crippen molar-refractivity contribution in [3.8, 4) is 22.3 Å². The number of hydrogen-bond donors (Lipinski definition) is 0. The smallest absolute Gasteiger partial charge is 0.0494 e. The number of para-hydroxylation sites is 1. The Bertz CT molecular complexity index is 2440. The lowest BCUT2D eigenvalue weighted by Gasteiger charge is -2.29. The van der Waals surface area contributed by atoms with Gasteiger partial charge in [-0.05, 0) is 115 Å². The molecule has 222 valence electrons. The van der Waals surface area contributed by atoms with Gasteiger partial charge >= 0.3 is 0 Å². The van der Waals surface area contributed by atoms with E-state index in [4.69, 9.17) is 0 Å². The first-order valence-electron chi connectivity index (χ1n) is 16.5. The largest absolute Gasteiger partial charge is 0.310 e. The Hall–Kier alpha value is -5.92. The molecule has 1 heterocycles. The quantitative estimate of drug-likeness (QED) is 0.182. The molecule has 0 saturated carbocycles. The number of nitrogens with zero attached hydrogens (tertiary/aromatic N) is 1. The average Bonchev–Trinajstić information content (AvgIpc) is 3.34. The van der Waals surface area contributed by atoms with Gasteiger partial charge in [-0.3, -0.25) is 0 Å². The molecule has 0 unspecified atom stereocenters. The minimum absolute atomic E-state index is 0.982. The molecule has 0 radical (unpaired) electrons. The standard InChI is InChI=1S/C46H33N/c1-4-15-32(16-5-1)41-30-43-40-25-13-11-23-38(40)42(31-44(43)39-24-12-10-22-37(39)41)34-27-28-46-35(29-34)19-14-26-45(33-17-6-2-7-18-33)47(46)36-20-8-3-9-21-36/h1-13,15-18,20-31H,14,19H2. The van der Waals surface area contributed by atoms with E-state index in [2.05, 4.69) is 181 Å². The van der Waals surface area contributed by atoms with Crippen LogP contribution in [0, 0.1) is 0 Å². The Morgan fingerprint density at radius 2 is 0.894 bits per heavy atom. The summed E-state index contributed by atoms with van der Waals surface area (Å²) in [6.45, 7) is 0. The molecule has 0 spiro atoms. The van der Waals surface area contributed by atoms with E-state index in [1.807, 2.05) is 0 Å². The Labute approximate surface area is 275 Å². The highest BCUT2D eigenvalue weighted by Gasteiger charge is 2.23. The zero-order chi connectivity index (χ0) is 31.2. The molecule has 8 aromatic carbocycles. The van der Waals surface area contributed by atoms with Crippen molar-refractivity contribution in [3.05, 3.63) is 187 Å². The molecule has 8 aromatic rings. The van der Waals surface area contributed by atoms with E-state index >= 15 is 0 Å². The summed E-state index contributed by atoms with van der Waals surface area (Å²) in [4.78, 5) is 2.44. The number of anilines is 2. The third-order valence-electron chi connectivity index (χ3n) is 9.67. The van der Waals surface area contributed by atoms with Crippen LogP contribution in [0.3, 0.4) is 0 Å². The lowest BCUT2D eigenvalue weighted by Crippen LogP contribution is -2.16. The van der Waals surface area contributed by atoms with Crippen molar-refractivity contribution in [2.75, 3.05) is 4.90 Å². The van der Waals surface area contributed by atoms with Crippen molar-refractivity contribution >= 4 is 49.4 Å². The molecule has 9 rings (SSSR count). The summed E-state index contributed by atoms with van der Waals surface area (Å²) in [5.41, 5.74) is 11.3. The summed E-state index contributed by atoms with van der Waals surface area (Å²) in [5, 5.41) is 7.74. The molecule has 0 aliphatic carbocycles. The van der Waals surface area contributed by atoms with E-state index in [0.717, 1.165) is 12.8 Å². The Morgan fingerprint density at radius 3 is 1.51 bits per heavy atom. The number of allylic oxidation sites excluding steroid dienone is 1. The van der Waals surface area contributed by atoms with E-state index in [-0.39, 0.29) is 0 Å². The maximum absolute atomic E-state index is 2.45. The van der Waals surface area contributed by atoms with Crippen molar-refractivity contribution in [1.29, 1.82) is 0 Å². The Kier molecular flexibility index (Phi) is 6.68. The molecule has 47 heavy (non-hydrogen) atoms. The van der Waals surface area contributed by atoms with E-state index in [1.54, 1.807) is 0 Å². The molecule has 1 nitrogen and oxygen atoms in total. The second-order valence-corrected chi connectivity index (χ2v) is 12.4. The average molecular weight is 600 g/mol. The van der Waals surface area contributed by atoms with Crippen molar-refractivity contribution in [1.82, 2.24) is 0 Å². The minimum Gasteiger partial charge on any atom is -0.310 e. The molecular formula is C46H33N. The van der Waals surface area contributed by atoms with Crippen LogP contribution in [0.15, 0.2) is 176 Å². The van der Waals surface area contributed by atoms with Crippen LogP contribution in [0.4, 0.5) is 11.4 Å². The third kappa shape index (κ3) is 4.71. The van der Waals surface area contributed by atoms with Crippen LogP contribution >= 0.6 is 0 Å². The number of aryl methyl sites for hydroxylation is 1. The van der Waals surface area contributed by atoms with Gasteiger partial charge in [0.15, 0.2) is 0 Å². The second kappa shape index (κ2) is 11.5. The Balaban J connectivity index is 1.26. The molecule has 0 atom stereocenters. The van der Waals surface area contributed by atoms with Crippen LogP contribution < -0.4 is 4.90 Å². The zero-order valence-electron chi connectivity index (χ0n) is 26.1. The van der Waals surface area contributed by atoms with Gasteiger partial charge < -0.3 is 4.90 Å². The third-order valence-corrected chi connectivity index (χ3v) is 9.67. The molecule has 0 saturated heterocycles. The first-order chi connectivity index (χ1) is 23.3. The minimum atomic E-state index is 0.982. The molecule has 0 bridgehead atoms. The fraction of sp³-hybridized carbons (Fsp3) is 0.0435. The van der Waals surface area contributed by atoms with Gasteiger partial charge in [0.1, 0.15) is 0 Å². The molecule has 0 amide bonds. The summed E-state index contributed by atoms with van der Waals surface area (Å²) in [7, 11) is 0. The predicted molar refractivity (Wildman–Crippen MR) is 201 cm³/mol. The second-order valence-electron chi connectivity index (χ2n) is 12.4. The molecule has 1 aliphatic rings. The number of benzene rings is 8. The van der Waals surface area contributed by atoms with Crippen LogP contribution in [-0.2, 0) is 6.42 Å². The highest BCUT2D eigenvalue weighted by Crippen LogP contribution is 2.44. The van der Waals surface area contributed by atoms with Gasteiger partial charge in [0.25, 0.3) is 0 Å². The number of rotatable bonds is 4. The van der Waals surface area contributed by atoms with Crippen molar-refractivity contribution in [3.63, 3.8) is 0 Å². The first-order valence-corrected chi connectivity index (χ1v) is 16.5. The molecule has 1 heteroatoms. The highest BCUT2D eigenvalue weighted by molar-refractivity contribution is 6.23. The van der Waals surface area contributed by atoms with Gasteiger partial charge in [-0.25, -0.2) is 0 Å². The summed E-state index contributed by atoms with van der Waals surface area (Å²) in [6, 6.07) is 62.1. The topological polar surface area (TPSA) is 3.24 Å². The van der Waals surface area contributed by atoms with E-state index in [1.165, 1.54) is 82.8 Å².